The van der Waals surface area contributed by atoms with Crippen molar-refractivity contribution in [3.63, 3.8) is 0 Å². The lowest BCUT2D eigenvalue weighted by atomic mass is 10.2. The molecule has 0 radical (unpaired) electrons. The van der Waals surface area contributed by atoms with E-state index in [4.69, 9.17) is 37.8 Å². The molecule has 0 fully saturated rings. The Hall–Kier alpha value is -2.45. The zero-order valence-electron chi connectivity index (χ0n) is 16.1. The molecule has 0 aliphatic heterocycles. The maximum absolute atomic E-state index is 11.3. The van der Waals surface area contributed by atoms with Gasteiger partial charge in [-0.1, -0.05) is 35.3 Å². The summed E-state index contributed by atoms with van der Waals surface area (Å²) >= 11 is 12.3. The largest absolute Gasteiger partial charge is 0.493 e. The van der Waals surface area contributed by atoms with E-state index in [1.54, 1.807) is 43.5 Å². The van der Waals surface area contributed by atoms with E-state index < -0.39 is 10.0 Å². The van der Waals surface area contributed by atoms with Crippen LogP contribution in [0.1, 0.15) is 11.1 Å². The van der Waals surface area contributed by atoms with Gasteiger partial charge in [0.25, 0.3) is 0 Å². The summed E-state index contributed by atoms with van der Waals surface area (Å²) < 4.78 is 34.0. The normalized spacial score (nSPS) is 11.2. The van der Waals surface area contributed by atoms with E-state index in [9.17, 15) is 8.42 Å². The highest BCUT2D eigenvalue weighted by molar-refractivity contribution is 7.89. The standard InChI is InChI=1S/C21H20Cl2N2O4S/c1-28-20-10-15(12-25-17-6-8-18(9-7-17)30(24,26)27)19(23)11-21(20)29-13-14-2-4-16(22)5-3-14/h2-11,25H,12-13H2,1H3,(H2,24,26,27). The van der Waals surface area contributed by atoms with Crippen LogP contribution in [0.4, 0.5) is 5.69 Å². The first-order valence-corrected chi connectivity index (χ1v) is 11.2. The predicted octanol–water partition coefficient (Wildman–Crippen LogP) is 4.84. The van der Waals surface area contributed by atoms with Crippen molar-refractivity contribution in [2.75, 3.05) is 12.4 Å². The van der Waals surface area contributed by atoms with E-state index >= 15 is 0 Å². The number of anilines is 1. The molecule has 3 aromatic carbocycles. The number of hydrogen-bond donors (Lipinski definition) is 2. The number of sulfonamides is 1. The van der Waals surface area contributed by atoms with Gasteiger partial charge in [-0.2, -0.15) is 0 Å². The van der Waals surface area contributed by atoms with Gasteiger partial charge in [0.15, 0.2) is 11.5 Å². The fraction of sp³-hybridized carbons (Fsp3) is 0.143. The van der Waals surface area contributed by atoms with Gasteiger partial charge in [-0.05, 0) is 53.6 Å². The average Bonchev–Trinajstić information content (AvgIpc) is 2.72. The number of hydrogen-bond acceptors (Lipinski definition) is 5. The van der Waals surface area contributed by atoms with Crippen LogP contribution in [0, 0.1) is 0 Å². The third kappa shape index (κ3) is 5.79. The van der Waals surface area contributed by atoms with Gasteiger partial charge in [-0.25, -0.2) is 13.6 Å². The molecule has 0 unspecified atom stereocenters. The molecule has 0 aromatic heterocycles. The minimum Gasteiger partial charge on any atom is -0.493 e. The molecule has 6 nitrogen and oxygen atoms in total. The Morgan fingerprint density at radius 2 is 1.63 bits per heavy atom. The molecule has 0 spiro atoms. The first-order valence-electron chi connectivity index (χ1n) is 8.86. The maximum atomic E-state index is 11.3. The van der Waals surface area contributed by atoms with E-state index in [1.807, 2.05) is 12.1 Å². The van der Waals surface area contributed by atoms with Crippen molar-refractivity contribution in [1.29, 1.82) is 0 Å². The van der Waals surface area contributed by atoms with E-state index in [1.165, 1.54) is 12.1 Å². The van der Waals surface area contributed by atoms with Crippen molar-refractivity contribution in [2.45, 2.75) is 18.0 Å². The van der Waals surface area contributed by atoms with Crippen LogP contribution in [-0.2, 0) is 23.2 Å². The Morgan fingerprint density at radius 3 is 2.23 bits per heavy atom. The summed E-state index contributed by atoms with van der Waals surface area (Å²) in [6.45, 7) is 0.749. The molecule has 30 heavy (non-hydrogen) atoms. The quantitative estimate of drug-likeness (QED) is 0.495. The Bertz CT molecular complexity index is 1120. The van der Waals surface area contributed by atoms with E-state index in [0.29, 0.717) is 34.7 Å². The Balaban J connectivity index is 1.69. The fourth-order valence-corrected chi connectivity index (χ4v) is 3.55. The van der Waals surface area contributed by atoms with Crippen LogP contribution in [0.2, 0.25) is 10.0 Å². The Labute approximate surface area is 185 Å². The molecular formula is C21H20Cl2N2O4S. The van der Waals surface area contributed by atoms with Crippen molar-refractivity contribution >= 4 is 38.9 Å². The van der Waals surface area contributed by atoms with Crippen molar-refractivity contribution < 1.29 is 17.9 Å². The Morgan fingerprint density at radius 1 is 0.967 bits per heavy atom. The van der Waals surface area contributed by atoms with E-state index in [0.717, 1.165) is 16.8 Å². The second-order valence-electron chi connectivity index (χ2n) is 6.43. The predicted molar refractivity (Wildman–Crippen MR) is 119 cm³/mol. The topological polar surface area (TPSA) is 90.6 Å². The first-order chi connectivity index (χ1) is 14.3. The van der Waals surface area contributed by atoms with Crippen LogP contribution in [0.15, 0.2) is 65.6 Å². The second kappa shape index (κ2) is 9.57. The highest BCUT2D eigenvalue weighted by Gasteiger charge is 2.12. The number of rotatable bonds is 8. The number of ether oxygens (including phenoxy) is 2. The van der Waals surface area contributed by atoms with Gasteiger partial charge in [-0.15, -0.1) is 0 Å². The number of halogens is 2. The third-order valence-electron chi connectivity index (χ3n) is 4.31. The van der Waals surface area contributed by atoms with Gasteiger partial charge in [0.05, 0.1) is 12.0 Å². The number of methoxy groups -OCH3 is 1. The van der Waals surface area contributed by atoms with Gasteiger partial charge >= 0.3 is 0 Å². The SMILES string of the molecule is COc1cc(CNc2ccc(S(N)(=O)=O)cc2)c(Cl)cc1OCc1ccc(Cl)cc1. The minimum atomic E-state index is -3.72. The van der Waals surface area contributed by atoms with Crippen LogP contribution in [0.5, 0.6) is 11.5 Å². The number of nitrogens with two attached hydrogens (primary N) is 1. The molecule has 158 valence electrons. The summed E-state index contributed by atoms with van der Waals surface area (Å²) in [5, 5.41) is 9.47. The lowest BCUT2D eigenvalue weighted by Crippen LogP contribution is -2.12. The molecule has 0 heterocycles. The summed E-state index contributed by atoms with van der Waals surface area (Å²) in [6, 6.07) is 17.0. The fourth-order valence-electron chi connectivity index (χ4n) is 2.69. The summed E-state index contributed by atoms with van der Waals surface area (Å²) in [7, 11) is -2.16. The van der Waals surface area contributed by atoms with Crippen LogP contribution in [0.3, 0.4) is 0 Å². The molecule has 0 bridgehead atoms. The van der Waals surface area contributed by atoms with Gasteiger partial charge < -0.3 is 14.8 Å². The highest BCUT2D eigenvalue weighted by atomic mass is 35.5. The lowest BCUT2D eigenvalue weighted by molar-refractivity contribution is 0.284. The van der Waals surface area contributed by atoms with Gasteiger partial charge in [0, 0.05) is 28.3 Å². The van der Waals surface area contributed by atoms with Crippen LogP contribution in [-0.4, -0.2) is 15.5 Å². The van der Waals surface area contributed by atoms with Crippen molar-refractivity contribution in [3.05, 3.63) is 81.8 Å². The lowest BCUT2D eigenvalue weighted by Gasteiger charge is -2.15. The summed E-state index contributed by atoms with van der Waals surface area (Å²) in [4.78, 5) is 0.0509. The molecular weight excluding hydrogens is 447 g/mol. The molecule has 0 saturated heterocycles. The number of primary sulfonamides is 1. The molecule has 3 N–H and O–H groups in total. The zero-order valence-corrected chi connectivity index (χ0v) is 18.4. The number of benzene rings is 3. The van der Waals surface area contributed by atoms with E-state index in [-0.39, 0.29) is 4.90 Å². The third-order valence-corrected chi connectivity index (χ3v) is 5.84. The van der Waals surface area contributed by atoms with Crippen molar-refractivity contribution in [1.82, 2.24) is 0 Å². The monoisotopic (exact) mass is 466 g/mol. The molecule has 0 aliphatic carbocycles. The molecule has 0 amide bonds. The first kappa shape index (κ1) is 22.2. The van der Waals surface area contributed by atoms with Gasteiger partial charge in [-0.3, -0.25) is 0 Å². The molecule has 0 saturated carbocycles. The molecule has 0 aliphatic rings. The summed E-state index contributed by atoms with van der Waals surface area (Å²) in [5.41, 5.74) is 2.48. The van der Waals surface area contributed by atoms with Gasteiger partial charge in [0.2, 0.25) is 10.0 Å². The zero-order chi connectivity index (χ0) is 21.7. The van der Waals surface area contributed by atoms with E-state index in [2.05, 4.69) is 5.32 Å². The highest BCUT2D eigenvalue weighted by Crippen LogP contribution is 2.34. The van der Waals surface area contributed by atoms with Crippen LogP contribution < -0.4 is 19.9 Å². The smallest absolute Gasteiger partial charge is 0.238 e. The molecule has 3 aromatic rings. The van der Waals surface area contributed by atoms with Crippen LogP contribution in [0.25, 0.3) is 0 Å². The Kier molecular flexibility index (Phi) is 7.10. The average molecular weight is 467 g/mol. The minimum absolute atomic E-state index is 0.0509. The van der Waals surface area contributed by atoms with Gasteiger partial charge in [0.1, 0.15) is 6.61 Å². The summed E-state index contributed by atoms with van der Waals surface area (Å²) in [5.74, 6) is 1.08. The molecule has 0 atom stereocenters. The second-order valence-corrected chi connectivity index (χ2v) is 8.84. The van der Waals surface area contributed by atoms with Crippen molar-refractivity contribution in [3.8, 4) is 11.5 Å². The maximum Gasteiger partial charge on any atom is 0.238 e. The number of nitrogens with one attached hydrogen (secondary N) is 1. The molecule has 9 heteroatoms. The van der Waals surface area contributed by atoms with Crippen LogP contribution >= 0.6 is 23.2 Å². The van der Waals surface area contributed by atoms with Crippen molar-refractivity contribution in [2.24, 2.45) is 5.14 Å². The molecule has 3 rings (SSSR count). The summed E-state index contributed by atoms with van der Waals surface area (Å²) in [6.07, 6.45) is 0.